The van der Waals surface area contributed by atoms with Crippen LogP contribution in [0.5, 0.6) is 0 Å². The Labute approximate surface area is 111 Å². The zero-order valence-corrected chi connectivity index (χ0v) is 10.9. The molecule has 2 N–H and O–H groups in total. The second kappa shape index (κ2) is 7.32. The number of anilines is 1. The van der Waals surface area contributed by atoms with Gasteiger partial charge in [0.2, 0.25) is 0 Å². The normalized spacial score (nSPS) is 11.7. The van der Waals surface area contributed by atoms with E-state index >= 15 is 0 Å². The van der Waals surface area contributed by atoms with E-state index in [0.29, 0.717) is 5.69 Å². The van der Waals surface area contributed by atoms with E-state index in [0.717, 1.165) is 0 Å². The Morgan fingerprint density at radius 2 is 2.32 bits per heavy atom. The van der Waals surface area contributed by atoms with Crippen molar-refractivity contribution in [2.45, 2.75) is 12.5 Å². The molecule has 0 fully saturated rings. The first-order chi connectivity index (χ1) is 9.04. The van der Waals surface area contributed by atoms with Crippen molar-refractivity contribution in [3.05, 3.63) is 24.5 Å². The van der Waals surface area contributed by atoms with Crippen molar-refractivity contribution < 1.29 is 19.4 Å². The SMILES string of the molecule is COC(CNC(=O)N(C)c1cccnc1)CC(=O)O. The van der Waals surface area contributed by atoms with Gasteiger partial charge in [-0.3, -0.25) is 14.7 Å². The molecule has 7 heteroatoms. The number of aliphatic carboxylic acids is 1. The number of rotatable bonds is 6. The van der Waals surface area contributed by atoms with Crippen LogP contribution < -0.4 is 10.2 Å². The van der Waals surface area contributed by atoms with E-state index in [1.54, 1.807) is 31.6 Å². The molecule has 0 radical (unpaired) electrons. The predicted molar refractivity (Wildman–Crippen MR) is 69.1 cm³/mol. The number of urea groups is 1. The number of carbonyl (C=O) groups is 2. The lowest BCUT2D eigenvalue weighted by molar-refractivity contribution is -0.139. The van der Waals surface area contributed by atoms with Gasteiger partial charge in [0.25, 0.3) is 0 Å². The largest absolute Gasteiger partial charge is 0.481 e. The highest BCUT2D eigenvalue weighted by molar-refractivity contribution is 5.91. The lowest BCUT2D eigenvalue weighted by Gasteiger charge is -2.20. The van der Waals surface area contributed by atoms with E-state index in [-0.39, 0.29) is 19.0 Å². The van der Waals surface area contributed by atoms with Gasteiger partial charge in [0.05, 0.1) is 24.4 Å². The summed E-state index contributed by atoms with van der Waals surface area (Å²) in [4.78, 5) is 27.7. The highest BCUT2D eigenvalue weighted by Crippen LogP contribution is 2.09. The smallest absolute Gasteiger partial charge is 0.321 e. The van der Waals surface area contributed by atoms with Gasteiger partial charge in [-0.05, 0) is 12.1 Å². The molecule has 0 saturated heterocycles. The molecule has 1 rings (SSSR count). The second-order valence-corrected chi connectivity index (χ2v) is 3.91. The number of nitrogens with one attached hydrogen (secondary N) is 1. The highest BCUT2D eigenvalue weighted by atomic mass is 16.5. The topological polar surface area (TPSA) is 91.8 Å². The van der Waals surface area contributed by atoms with Gasteiger partial charge in [-0.25, -0.2) is 4.79 Å². The molecule has 1 aromatic heterocycles. The van der Waals surface area contributed by atoms with Crippen molar-refractivity contribution >= 4 is 17.7 Å². The van der Waals surface area contributed by atoms with Gasteiger partial charge in [-0.1, -0.05) is 0 Å². The van der Waals surface area contributed by atoms with Crippen molar-refractivity contribution in [1.29, 1.82) is 0 Å². The Balaban J connectivity index is 2.48. The van der Waals surface area contributed by atoms with E-state index in [9.17, 15) is 9.59 Å². The second-order valence-electron chi connectivity index (χ2n) is 3.91. The zero-order valence-electron chi connectivity index (χ0n) is 10.9. The van der Waals surface area contributed by atoms with Gasteiger partial charge in [0.1, 0.15) is 0 Å². The van der Waals surface area contributed by atoms with E-state index < -0.39 is 12.1 Å². The van der Waals surface area contributed by atoms with Crippen molar-refractivity contribution in [3.63, 3.8) is 0 Å². The summed E-state index contributed by atoms with van der Waals surface area (Å²) >= 11 is 0. The lowest BCUT2D eigenvalue weighted by Crippen LogP contribution is -2.42. The van der Waals surface area contributed by atoms with Crippen LogP contribution in [0.4, 0.5) is 10.5 Å². The molecule has 1 heterocycles. The third-order valence-corrected chi connectivity index (χ3v) is 2.55. The van der Waals surface area contributed by atoms with Crippen molar-refractivity contribution in [3.8, 4) is 0 Å². The number of ether oxygens (including phenoxy) is 1. The van der Waals surface area contributed by atoms with Crippen LogP contribution in [0.15, 0.2) is 24.5 Å². The Morgan fingerprint density at radius 1 is 1.58 bits per heavy atom. The summed E-state index contributed by atoms with van der Waals surface area (Å²) in [6.45, 7) is 0.131. The number of pyridine rings is 1. The fraction of sp³-hybridized carbons (Fsp3) is 0.417. The van der Waals surface area contributed by atoms with Crippen LogP contribution >= 0.6 is 0 Å². The van der Waals surface area contributed by atoms with Crippen LogP contribution in [-0.2, 0) is 9.53 Å². The van der Waals surface area contributed by atoms with E-state index in [2.05, 4.69) is 10.3 Å². The zero-order chi connectivity index (χ0) is 14.3. The van der Waals surface area contributed by atoms with Crippen molar-refractivity contribution in [1.82, 2.24) is 10.3 Å². The van der Waals surface area contributed by atoms with Crippen LogP contribution in [-0.4, -0.2) is 48.9 Å². The Kier molecular flexibility index (Phi) is 5.74. The first-order valence-electron chi connectivity index (χ1n) is 5.70. The first-order valence-corrected chi connectivity index (χ1v) is 5.70. The fourth-order valence-corrected chi connectivity index (χ4v) is 1.42. The molecule has 1 aromatic rings. The van der Waals surface area contributed by atoms with Gasteiger partial charge in [-0.2, -0.15) is 0 Å². The molecular formula is C12H17N3O4. The van der Waals surface area contributed by atoms with Crippen LogP contribution in [0.2, 0.25) is 0 Å². The summed E-state index contributed by atoms with van der Waals surface area (Å²) in [6, 6.07) is 3.12. The molecule has 0 spiro atoms. The van der Waals surface area contributed by atoms with E-state index in [1.165, 1.54) is 12.0 Å². The molecule has 7 nitrogen and oxygen atoms in total. The van der Waals surface area contributed by atoms with Crippen LogP contribution in [0.3, 0.4) is 0 Å². The molecule has 0 saturated carbocycles. The van der Waals surface area contributed by atoms with Crippen molar-refractivity contribution in [2.75, 3.05) is 25.6 Å². The first kappa shape index (κ1) is 14.9. The summed E-state index contributed by atoms with van der Waals surface area (Å²) in [5.41, 5.74) is 0.646. The molecule has 0 aliphatic heterocycles. The maximum atomic E-state index is 11.8. The van der Waals surface area contributed by atoms with Gasteiger partial charge < -0.3 is 15.2 Å². The number of carboxylic acid groups (broad SMARTS) is 1. The molecule has 0 aromatic carbocycles. The number of hydrogen-bond acceptors (Lipinski definition) is 4. The van der Waals surface area contributed by atoms with Crippen molar-refractivity contribution in [2.24, 2.45) is 0 Å². The number of carboxylic acids is 1. The molecule has 1 unspecified atom stereocenters. The highest BCUT2D eigenvalue weighted by Gasteiger charge is 2.16. The maximum Gasteiger partial charge on any atom is 0.321 e. The predicted octanol–water partition coefficient (Wildman–Crippen LogP) is 0.717. The number of aromatic nitrogens is 1. The summed E-state index contributed by atoms with van der Waals surface area (Å²) in [7, 11) is 3.01. The average molecular weight is 267 g/mol. The standard InChI is InChI=1S/C12H17N3O4/c1-15(9-4-3-5-13-7-9)12(18)14-8-10(19-2)6-11(16)17/h3-5,7,10H,6,8H2,1-2H3,(H,14,18)(H,16,17). The van der Waals surface area contributed by atoms with E-state index in [1.807, 2.05) is 0 Å². The number of nitrogens with zero attached hydrogens (tertiary/aromatic N) is 2. The number of amides is 2. The summed E-state index contributed by atoms with van der Waals surface area (Å²) in [6.07, 6.45) is 2.46. The minimum atomic E-state index is -0.971. The van der Waals surface area contributed by atoms with Gasteiger partial charge in [0, 0.05) is 26.9 Å². The molecule has 2 amide bonds. The molecule has 1 atom stereocenters. The third-order valence-electron chi connectivity index (χ3n) is 2.55. The fourth-order valence-electron chi connectivity index (χ4n) is 1.42. The van der Waals surface area contributed by atoms with Gasteiger partial charge in [-0.15, -0.1) is 0 Å². The molecular weight excluding hydrogens is 250 g/mol. The lowest BCUT2D eigenvalue weighted by atomic mass is 10.2. The molecule has 0 aliphatic rings. The van der Waals surface area contributed by atoms with Crippen LogP contribution in [0.25, 0.3) is 0 Å². The van der Waals surface area contributed by atoms with E-state index in [4.69, 9.17) is 9.84 Å². The maximum absolute atomic E-state index is 11.8. The molecule has 19 heavy (non-hydrogen) atoms. The summed E-state index contributed by atoms with van der Waals surface area (Å²) < 4.78 is 4.97. The van der Waals surface area contributed by atoms with Gasteiger partial charge in [0.15, 0.2) is 0 Å². The third kappa shape index (κ3) is 4.92. The Morgan fingerprint density at radius 3 is 2.84 bits per heavy atom. The number of hydrogen-bond donors (Lipinski definition) is 2. The van der Waals surface area contributed by atoms with Gasteiger partial charge >= 0.3 is 12.0 Å². The number of methoxy groups -OCH3 is 1. The minimum absolute atomic E-state index is 0.131. The molecule has 104 valence electrons. The summed E-state index contributed by atoms with van der Waals surface area (Å²) in [5.74, 6) is -0.971. The van der Waals surface area contributed by atoms with Crippen LogP contribution in [0.1, 0.15) is 6.42 Å². The minimum Gasteiger partial charge on any atom is -0.481 e. The summed E-state index contributed by atoms with van der Waals surface area (Å²) in [5, 5.41) is 11.3. The Bertz CT molecular complexity index is 424. The molecule has 0 bridgehead atoms. The molecule has 0 aliphatic carbocycles. The Hall–Kier alpha value is -2.15. The quantitative estimate of drug-likeness (QED) is 0.792. The number of carbonyl (C=O) groups excluding carboxylic acids is 1. The average Bonchev–Trinajstić information content (AvgIpc) is 2.42. The monoisotopic (exact) mass is 267 g/mol. The van der Waals surface area contributed by atoms with Crippen LogP contribution in [0, 0.1) is 0 Å².